The molecule has 0 aliphatic rings. The molecule has 0 aromatic carbocycles. The Morgan fingerprint density at radius 3 is 1.70 bits per heavy atom. The fourth-order valence-corrected chi connectivity index (χ4v) is 4.45. The number of rotatable bonds is 4. The molecule has 0 saturated carbocycles. The van der Waals surface area contributed by atoms with Gasteiger partial charge in [0.15, 0.2) is 0 Å². The van der Waals surface area contributed by atoms with Crippen molar-refractivity contribution >= 4 is 28.4 Å². The van der Waals surface area contributed by atoms with Gasteiger partial charge in [-0.1, -0.05) is 49.7 Å². The van der Waals surface area contributed by atoms with Crippen LogP contribution in [0.1, 0.15) is 26.7 Å². The van der Waals surface area contributed by atoms with Gasteiger partial charge in [0.1, 0.15) is 0 Å². The van der Waals surface area contributed by atoms with Crippen molar-refractivity contribution in [1.29, 1.82) is 0 Å². The van der Waals surface area contributed by atoms with Gasteiger partial charge >= 0.3 is 0 Å². The van der Waals surface area contributed by atoms with Gasteiger partial charge in [-0.3, -0.25) is 0 Å². The van der Waals surface area contributed by atoms with Crippen LogP contribution in [0.15, 0.2) is 0 Å². The van der Waals surface area contributed by atoms with Crippen LogP contribution < -0.4 is 0 Å². The van der Waals surface area contributed by atoms with E-state index in [9.17, 15) is 0 Å². The number of halogens is 1. The minimum absolute atomic E-state index is 0. The van der Waals surface area contributed by atoms with Gasteiger partial charge in [0.2, 0.25) is 0 Å². The monoisotopic (exact) mass is 202 g/mol. The molecule has 10 heavy (non-hydrogen) atoms. The summed E-state index contributed by atoms with van der Waals surface area (Å²) in [7, 11) is 0. The lowest BCUT2D eigenvalue weighted by molar-refractivity contribution is 0.824. The number of hydrogen-bond donors (Lipinski definition) is 0. The highest BCUT2D eigenvalue weighted by Gasteiger charge is 2.08. The summed E-state index contributed by atoms with van der Waals surface area (Å²) < 4.78 is 0. The molecule has 4 heteroatoms. The van der Waals surface area contributed by atoms with Crippen molar-refractivity contribution in [3.63, 3.8) is 0 Å². The van der Waals surface area contributed by atoms with Crippen molar-refractivity contribution in [3.05, 3.63) is 0 Å². The van der Waals surface area contributed by atoms with Crippen molar-refractivity contribution in [2.45, 2.75) is 26.7 Å². The Balaban J connectivity index is 0. The first-order valence-electron chi connectivity index (χ1n) is 3.40. The summed E-state index contributed by atoms with van der Waals surface area (Å²) in [6.45, 7) is 4.28. The normalized spacial score (nSPS) is 10.7. The van der Waals surface area contributed by atoms with E-state index in [4.69, 9.17) is 23.0 Å². The predicted molar refractivity (Wildman–Crippen MR) is 54.1 cm³/mol. The first-order valence-corrected chi connectivity index (χ1v) is 7.48. The molecule has 0 saturated heterocycles. The summed E-state index contributed by atoms with van der Waals surface area (Å²) in [6.07, 6.45) is 4.41. The highest BCUT2D eigenvalue weighted by molar-refractivity contribution is 8.27. The SMILES string of the molecule is CCCP(=S)(Cl)CCC.O. The van der Waals surface area contributed by atoms with Crippen LogP contribution in [0.2, 0.25) is 0 Å². The van der Waals surface area contributed by atoms with Gasteiger partial charge in [-0.2, -0.15) is 0 Å². The maximum atomic E-state index is 6.06. The van der Waals surface area contributed by atoms with Crippen LogP contribution in [0.4, 0.5) is 0 Å². The first-order chi connectivity index (χ1) is 4.12. The summed E-state index contributed by atoms with van der Waals surface area (Å²) in [5.74, 6) is 0. The fourth-order valence-electron chi connectivity index (χ4n) is 0.780. The molecule has 1 nitrogen and oxygen atoms in total. The Bertz CT molecular complexity index is 108. The van der Waals surface area contributed by atoms with Gasteiger partial charge in [0, 0.05) is 5.39 Å². The lowest BCUT2D eigenvalue weighted by atomic mass is 10.6. The van der Waals surface area contributed by atoms with Gasteiger partial charge < -0.3 is 5.48 Å². The minimum Gasteiger partial charge on any atom is -0.412 e. The molecule has 0 spiro atoms. The summed E-state index contributed by atoms with van der Waals surface area (Å²) in [4.78, 5) is 0. The Hall–Kier alpha value is 0.900. The average Bonchev–Trinajstić information content (AvgIpc) is 1.64. The maximum absolute atomic E-state index is 6.06. The molecule has 0 atom stereocenters. The summed E-state index contributed by atoms with van der Waals surface area (Å²) in [5.41, 5.74) is 0. The van der Waals surface area contributed by atoms with Crippen molar-refractivity contribution < 1.29 is 5.48 Å². The van der Waals surface area contributed by atoms with Gasteiger partial charge in [0.05, 0.1) is 0 Å². The quantitative estimate of drug-likeness (QED) is 0.645. The van der Waals surface area contributed by atoms with E-state index in [2.05, 4.69) is 13.8 Å². The molecule has 0 heterocycles. The van der Waals surface area contributed by atoms with Crippen LogP contribution in [-0.4, -0.2) is 17.8 Å². The largest absolute Gasteiger partial charge is 0.412 e. The molecule has 0 unspecified atom stereocenters. The van der Waals surface area contributed by atoms with Crippen LogP contribution in [0.5, 0.6) is 0 Å². The molecule has 2 N–H and O–H groups in total. The van der Waals surface area contributed by atoms with Crippen LogP contribution >= 0.6 is 16.6 Å². The van der Waals surface area contributed by atoms with E-state index < -0.39 is 5.39 Å². The molecular formula is C6H16ClOPS. The molecule has 0 aromatic heterocycles. The third kappa shape index (κ3) is 7.01. The zero-order chi connectivity index (χ0) is 7.33. The van der Waals surface area contributed by atoms with Crippen molar-refractivity contribution in [2.24, 2.45) is 0 Å². The summed E-state index contributed by atoms with van der Waals surface area (Å²) in [6, 6.07) is 0. The Labute approximate surface area is 73.3 Å². The second-order valence-electron chi connectivity index (χ2n) is 2.24. The maximum Gasteiger partial charge on any atom is 0.0388 e. The lowest BCUT2D eigenvalue weighted by Gasteiger charge is -2.09. The van der Waals surface area contributed by atoms with E-state index in [0.717, 1.165) is 25.2 Å². The van der Waals surface area contributed by atoms with E-state index in [1.807, 2.05) is 0 Å². The molecule has 0 rings (SSSR count). The average molecular weight is 203 g/mol. The molecule has 0 amide bonds. The third-order valence-electron chi connectivity index (χ3n) is 1.12. The Morgan fingerprint density at radius 2 is 1.50 bits per heavy atom. The van der Waals surface area contributed by atoms with Crippen molar-refractivity contribution in [3.8, 4) is 0 Å². The van der Waals surface area contributed by atoms with E-state index in [-0.39, 0.29) is 5.48 Å². The topological polar surface area (TPSA) is 31.5 Å². The van der Waals surface area contributed by atoms with Crippen LogP contribution in [-0.2, 0) is 11.8 Å². The highest BCUT2D eigenvalue weighted by atomic mass is 35.7. The first kappa shape index (κ1) is 13.5. The van der Waals surface area contributed by atoms with Gasteiger partial charge in [0.25, 0.3) is 0 Å². The van der Waals surface area contributed by atoms with E-state index in [1.54, 1.807) is 0 Å². The smallest absolute Gasteiger partial charge is 0.0388 e. The van der Waals surface area contributed by atoms with E-state index in [0.29, 0.717) is 0 Å². The summed E-state index contributed by atoms with van der Waals surface area (Å²) in [5, 5.41) is -1.39. The van der Waals surface area contributed by atoms with E-state index >= 15 is 0 Å². The molecule has 0 fully saturated rings. The Kier molecular flexibility index (Phi) is 8.90. The van der Waals surface area contributed by atoms with Crippen LogP contribution in [0.25, 0.3) is 0 Å². The zero-order valence-corrected chi connectivity index (χ0v) is 9.03. The van der Waals surface area contributed by atoms with Gasteiger partial charge in [-0.15, -0.1) is 0 Å². The minimum atomic E-state index is -1.39. The molecule has 64 valence electrons. The van der Waals surface area contributed by atoms with Gasteiger partial charge in [-0.25, -0.2) is 0 Å². The predicted octanol–water partition coefficient (Wildman–Crippen LogP) is 2.62. The zero-order valence-electron chi connectivity index (χ0n) is 6.56. The highest BCUT2D eigenvalue weighted by Crippen LogP contribution is 2.52. The van der Waals surface area contributed by atoms with Gasteiger partial charge in [-0.05, 0) is 12.3 Å². The molecule has 0 aromatic rings. The van der Waals surface area contributed by atoms with Crippen molar-refractivity contribution in [1.82, 2.24) is 0 Å². The van der Waals surface area contributed by atoms with Crippen molar-refractivity contribution in [2.75, 3.05) is 12.3 Å². The standard InChI is InChI=1S/C6H14ClPS.H2O/c1-3-5-8(7,9)6-4-2;/h3-6H2,1-2H3;1H2. The third-order valence-corrected chi connectivity index (χ3v) is 5.45. The fraction of sp³-hybridized carbons (Fsp3) is 1.00. The molecule has 0 radical (unpaired) electrons. The summed E-state index contributed by atoms with van der Waals surface area (Å²) >= 11 is 11.3. The van der Waals surface area contributed by atoms with E-state index in [1.165, 1.54) is 0 Å². The number of hydrogen-bond acceptors (Lipinski definition) is 1. The molecular weight excluding hydrogens is 187 g/mol. The Morgan fingerprint density at radius 1 is 1.20 bits per heavy atom. The van der Waals surface area contributed by atoms with Crippen LogP contribution in [0.3, 0.4) is 0 Å². The van der Waals surface area contributed by atoms with Crippen LogP contribution in [0, 0.1) is 0 Å². The second kappa shape index (κ2) is 6.60. The molecule has 0 aliphatic carbocycles. The molecule has 0 aliphatic heterocycles. The lowest BCUT2D eigenvalue weighted by Crippen LogP contribution is -1.85. The molecule has 0 bridgehead atoms. The second-order valence-corrected chi connectivity index (χ2v) is 9.35.